The van der Waals surface area contributed by atoms with Gasteiger partial charge in [-0.1, -0.05) is 11.6 Å². The van der Waals surface area contributed by atoms with Gasteiger partial charge in [-0.2, -0.15) is 0 Å². The Bertz CT molecular complexity index is 980. The SMILES string of the molecule is CC(C)NS(=O)(=O)Cc1ccc(CCC(C)NS(=O)(=O)Cc2ccc(Cl)s2)s1. The van der Waals surface area contributed by atoms with Gasteiger partial charge in [0, 0.05) is 26.7 Å². The average Bonchev–Trinajstić information content (AvgIpc) is 3.11. The van der Waals surface area contributed by atoms with Gasteiger partial charge in [-0.15, -0.1) is 22.7 Å². The highest BCUT2D eigenvalue weighted by atomic mass is 35.5. The molecule has 1 atom stereocenters. The zero-order chi connectivity index (χ0) is 20.9. The van der Waals surface area contributed by atoms with Crippen LogP contribution in [0, 0.1) is 0 Å². The standard InChI is InChI=1S/C17H25ClN2O4S4/c1-12(2)19-27(21,22)10-15-7-6-14(25-15)5-4-13(3)20-28(23,24)11-16-8-9-17(18)26-16/h6-9,12-13,19-20H,4-5,10-11H2,1-3H3. The van der Waals surface area contributed by atoms with Crippen molar-refractivity contribution in [1.82, 2.24) is 9.44 Å². The van der Waals surface area contributed by atoms with E-state index in [0.717, 1.165) is 9.75 Å². The van der Waals surface area contributed by atoms with Crippen LogP contribution < -0.4 is 9.44 Å². The average molecular weight is 485 g/mol. The Balaban J connectivity index is 1.84. The predicted molar refractivity (Wildman–Crippen MR) is 118 cm³/mol. The maximum atomic E-state index is 12.3. The van der Waals surface area contributed by atoms with Crippen LogP contribution in [0.1, 0.15) is 41.8 Å². The quantitative estimate of drug-likeness (QED) is 0.508. The maximum Gasteiger partial charge on any atom is 0.216 e. The molecule has 6 nitrogen and oxygen atoms in total. The molecule has 2 aromatic heterocycles. The first-order valence-electron chi connectivity index (χ1n) is 8.76. The Morgan fingerprint density at radius 2 is 1.39 bits per heavy atom. The van der Waals surface area contributed by atoms with Gasteiger partial charge in [-0.25, -0.2) is 26.3 Å². The molecule has 0 amide bonds. The number of hydrogen-bond donors (Lipinski definition) is 2. The van der Waals surface area contributed by atoms with E-state index in [1.807, 2.05) is 19.1 Å². The van der Waals surface area contributed by atoms with Crippen molar-refractivity contribution in [2.24, 2.45) is 0 Å². The van der Waals surface area contributed by atoms with E-state index in [4.69, 9.17) is 11.6 Å². The zero-order valence-electron chi connectivity index (χ0n) is 15.9. The molecular formula is C17H25ClN2O4S4. The first-order chi connectivity index (χ1) is 12.9. The molecule has 2 rings (SSSR count). The van der Waals surface area contributed by atoms with Gasteiger partial charge >= 0.3 is 0 Å². The smallest absolute Gasteiger partial charge is 0.212 e. The minimum Gasteiger partial charge on any atom is -0.212 e. The minimum atomic E-state index is -3.44. The van der Waals surface area contributed by atoms with Crippen LogP contribution in [0.25, 0.3) is 0 Å². The Hall–Kier alpha value is -0.490. The lowest BCUT2D eigenvalue weighted by Gasteiger charge is -2.13. The van der Waals surface area contributed by atoms with Crippen LogP contribution in [0.3, 0.4) is 0 Å². The number of aryl methyl sites for hydroxylation is 1. The fourth-order valence-corrected chi connectivity index (χ4v) is 8.28. The molecule has 0 saturated heterocycles. The van der Waals surface area contributed by atoms with E-state index in [-0.39, 0.29) is 23.6 Å². The van der Waals surface area contributed by atoms with Gasteiger partial charge in [0.15, 0.2) is 0 Å². The lowest BCUT2D eigenvalue weighted by atomic mass is 10.2. The Labute approximate surface area is 180 Å². The monoisotopic (exact) mass is 484 g/mol. The largest absolute Gasteiger partial charge is 0.216 e. The molecule has 1 unspecified atom stereocenters. The van der Waals surface area contributed by atoms with Crippen molar-refractivity contribution in [3.05, 3.63) is 43.2 Å². The molecule has 0 saturated carbocycles. The van der Waals surface area contributed by atoms with Gasteiger partial charge < -0.3 is 0 Å². The second-order valence-electron chi connectivity index (χ2n) is 6.92. The van der Waals surface area contributed by atoms with E-state index in [0.29, 0.717) is 22.1 Å². The third kappa shape index (κ3) is 8.48. The van der Waals surface area contributed by atoms with Crippen LogP contribution in [-0.4, -0.2) is 28.9 Å². The second kappa shape index (κ2) is 10.0. The highest BCUT2D eigenvalue weighted by Crippen LogP contribution is 2.23. The van der Waals surface area contributed by atoms with Crippen LogP contribution in [-0.2, 0) is 38.0 Å². The van der Waals surface area contributed by atoms with E-state index in [2.05, 4.69) is 9.44 Å². The highest BCUT2D eigenvalue weighted by molar-refractivity contribution is 7.89. The van der Waals surface area contributed by atoms with E-state index >= 15 is 0 Å². The molecule has 28 heavy (non-hydrogen) atoms. The molecule has 0 bridgehead atoms. The first kappa shape index (κ1) is 23.8. The predicted octanol–water partition coefficient (Wildman–Crippen LogP) is 3.73. The molecule has 0 spiro atoms. The number of halogens is 1. The summed E-state index contributed by atoms with van der Waals surface area (Å²) in [5.74, 6) is -0.125. The Morgan fingerprint density at radius 3 is 1.96 bits per heavy atom. The molecule has 0 fully saturated rings. The number of rotatable bonds is 11. The third-order valence-electron chi connectivity index (χ3n) is 3.63. The molecule has 0 aromatic carbocycles. The Morgan fingerprint density at radius 1 is 0.857 bits per heavy atom. The normalized spacial score (nSPS) is 13.9. The van der Waals surface area contributed by atoms with Gasteiger partial charge in [0.05, 0.1) is 15.8 Å². The van der Waals surface area contributed by atoms with Gasteiger partial charge in [0.25, 0.3) is 0 Å². The van der Waals surface area contributed by atoms with Crippen molar-refractivity contribution in [2.45, 2.75) is 57.2 Å². The molecular weight excluding hydrogens is 460 g/mol. The van der Waals surface area contributed by atoms with Crippen molar-refractivity contribution in [2.75, 3.05) is 0 Å². The number of thiophene rings is 2. The zero-order valence-corrected chi connectivity index (χ0v) is 20.0. The van der Waals surface area contributed by atoms with Crippen molar-refractivity contribution in [1.29, 1.82) is 0 Å². The van der Waals surface area contributed by atoms with Crippen molar-refractivity contribution >= 4 is 54.3 Å². The second-order valence-corrected chi connectivity index (χ2v) is 13.5. The van der Waals surface area contributed by atoms with Crippen molar-refractivity contribution in [3.63, 3.8) is 0 Å². The molecule has 158 valence electrons. The summed E-state index contributed by atoms with van der Waals surface area (Å²) in [5, 5.41) is 0. The first-order valence-corrected chi connectivity index (χ1v) is 14.1. The van der Waals surface area contributed by atoms with Crippen molar-refractivity contribution in [3.8, 4) is 0 Å². The van der Waals surface area contributed by atoms with Crippen molar-refractivity contribution < 1.29 is 16.8 Å². The summed E-state index contributed by atoms with van der Waals surface area (Å²) in [5.41, 5.74) is 0. The van der Waals surface area contributed by atoms with Crippen LogP contribution in [0.5, 0.6) is 0 Å². The summed E-state index contributed by atoms with van der Waals surface area (Å²) in [6.45, 7) is 5.39. The summed E-state index contributed by atoms with van der Waals surface area (Å²) in [6.07, 6.45) is 1.30. The molecule has 0 aliphatic carbocycles. The molecule has 2 N–H and O–H groups in total. The van der Waals surface area contributed by atoms with Gasteiger partial charge in [-0.3, -0.25) is 0 Å². The maximum absolute atomic E-state index is 12.3. The molecule has 2 aromatic rings. The van der Waals surface area contributed by atoms with Gasteiger partial charge in [0.2, 0.25) is 20.0 Å². The lowest BCUT2D eigenvalue weighted by Crippen LogP contribution is -2.33. The lowest BCUT2D eigenvalue weighted by molar-refractivity contribution is 0.547. The molecule has 0 radical (unpaired) electrons. The summed E-state index contributed by atoms with van der Waals surface area (Å²) >= 11 is 8.54. The fraction of sp³-hybridized carbons (Fsp3) is 0.529. The summed E-state index contributed by atoms with van der Waals surface area (Å²) in [6, 6.07) is 6.76. The molecule has 0 aliphatic heterocycles. The fourth-order valence-electron chi connectivity index (χ4n) is 2.60. The van der Waals surface area contributed by atoms with Gasteiger partial charge in [-0.05, 0) is 57.9 Å². The molecule has 2 heterocycles. The minimum absolute atomic E-state index is 0.0403. The van der Waals surface area contributed by atoms with Gasteiger partial charge in [0.1, 0.15) is 0 Å². The highest BCUT2D eigenvalue weighted by Gasteiger charge is 2.18. The summed E-state index contributed by atoms with van der Waals surface area (Å²) < 4.78 is 54.4. The van der Waals surface area contributed by atoms with Crippen LogP contribution in [0.15, 0.2) is 24.3 Å². The number of nitrogens with one attached hydrogen (secondary N) is 2. The van der Waals surface area contributed by atoms with Crippen LogP contribution in [0.4, 0.5) is 0 Å². The van der Waals surface area contributed by atoms with E-state index < -0.39 is 20.0 Å². The number of sulfonamides is 2. The van der Waals surface area contributed by atoms with Crippen LogP contribution in [0.2, 0.25) is 4.34 Å². The van der Waals surface area contributed by atoms with Crippen LogP contribution >= 0.6 is 34.3 Å². The molecule has 0 aliphatic rings. The molecule has 11 heteroatoms. The number of hydrogen-bond acceptors (Lipinski definition) is 6. The Kier molecular flexibility index (Phi) is 8.51. The van der Waals surface area contributed by atoms with E-state index in [1.54, 1.807) is 26.0 Å². The van der Waals surface area contributed by atoms with E-state index in [1.165, 1.54) is 22.7 Å². The third-order valence-corrected chi connectivity index (χ3v) is 9.35. The van der Waals surface area contributed by atoms with E-state index in [9.17, 15) is 16.8 Å². The topological polar surface area (TPSA) is 92.3 Å². The summed E-state index contributed by atoms with van der Waals surface area (Å²) in [7, 11) is -6.78. The summed E-state index contributed by atoms with van der Waals surface area (Å²) in [4.78, 5) is 2.50.